The summed E-state index contributed by atoms with van der Waals surface area (Å²) in [6, 6.07) is 7.18. The number of ketones is 1. The second-order valence-electron chi connectivity index (χ2n) is 3.74. The second kappa shape index (κ2) is 5.01. The number of rotatable bonds is 2. The number of nitrogens with zero attached hydrogens (tertiary/aromatic N) is 1. The summed E-state index contributed by atoms with van der Waals surface area (Å²) in [5, 5.41) is 0.0512. The average molecular weight is 286 g/mol. The summed E-state index contributed by atoms with van der Waals surface area (Å²) in [7, 11) is 0. The van der Waals surface area contributed by atoms with Gasteiger partial charge in [-0.3, -0.25) is 4.79 Å². The zero-order valence-corrected chi connectivity index (χ0v) is 10.2. The van der Waals surface area contributed by atoms with Crippen molar-refractivity contribution in [1.29, 1.82) is 0 Å². The highest BCUT2D eigenvalue weighted by Gasteiger charge is 2.34. The number of hydrogen-bond donors (Lipinski definition) is 0. The van der Waals surface area contributed by atoms with Crippen molar-refractivity contribution in [3.8, 4) is 0 Å². The van der Waals surface area contributed by atoms with Crippen LogP contribution >= 0.6 is 11.6 Å². The summed E-state index contributed by atoms with van der Waals surface area (Å²) in [6.45, 7) is 0. The van der Waals surface area contributed by atoms with E-state index < -0.39 is 23.1 Å². The summed E-state index contributed by atoms with van der Waals surface area (Å²) >= 11 is 5.62. The lowest BCUT2D eigenvalue weighted by Gasteiger charge is -2.11. The van der Waals surface area contributed by atoms with Gasteiger partial charge in [-0.25, -0.2) is 4.98 Å². The Labute approximate surface area is 111 Å². The molecule has 0 saturated carbocycles. The first-order valence-electron chi connectivity index (χ1n) is 5.22. The van der Waals surface area contributed by atoms with Crippen molar-refractivity contribution >= 4 is 17.4 Å². The Hall–Kier alpha value is -1.88. The lowest BCUT2D eigenvalue weighted by molar-refractivity contribution is -0.137. The first kappa shape index (κ1) is 13.5. The molecule has 0 aliphatic carbocycles. The van der Waals surface area contributed by atoms with Gasteiger partial charge >= 0.3 is 6.18 Å². The zero-order chi connectivity index (χ0) is 14.0. The molecule has 0 atom stereocenters. The molecule has 0 N–H and O–H groups in total. The van der Waals surface area contributed by atoms with Crippen LogP contribution in [0.25, 0.3) is 0 Å². The van der Waals surface area contributed by atoms with Crippen LogP contribution in [-0.4, -0.2) is 10.8 Å². The predicted molar refractivity (Wildman–Crippen MR) is 64.1 cm³/mol. The Bertz CT molecular complexity index is 625. The molecule has 0 aliphatic rings. The molecule has 1 aromatic carbocycles. The number of carbonyl (C=O) groups is 1. The van der Waals surface area contributed by atoms with Gasteiger partial charge in [0.15, 0.2) is 5.78 Å². The lowest BCUT2D eigenvalue weighted by atomic mass is 9.99. The zero-order valence-electron chi connectivity index (χ0n) is 9.41. The predicted octanol–water partition coefficient (Wildman–Crippen LogP) is 3.98. The molecule has 2 rings (SSSR count). The van der Waals surface area contributed by atoms with Crippen LogP contribution in [0.15, 0.2) is 42.6 Å². The van der Waals surface area contributed by atoms with E-state index in [-0.39, 0.29) is 10.7 Å². The normalized spacial score (nSPS) is 11.4. The van der Waals surface area contributed by atoms with Crippen LogP contribution in [0, 0.1) is 0 Å². The van der Waals surface area contributed by atoms with Crippen LogP contribution in [0.3, 0.4) is 0 Å². The minimum atomic E-state index is -4.58. The van der Waals surface area contributed by atoms with E-state index in [4.69, 9.17) is 11.6 Å². The van der Waals surface area contributed by atoms with Gasteiger partial charge in [-0.15, -0.1) is 0 Å². The molecule has 1 heterocycles. The Morgan fingerprint density at radius 1 is 1.16 bits per heavy atom. The van der Waals surface area contributed by atoms with Gasteiger partial charge in [-0.05, 0) is 18.2 Å². The van der Waals surface area contributed by atoms with E-state index in [2.05, 4.69) is 4.98 Å². The number of benzene rings is 1. The monoisotopic (exact) mass is 285 g/mol. The fraction of sp³-hybridized carbons (Fsp3) is 0.0769. The third-order valence-corrected chi connectivity index (χ3v) is 2.67. The number of aromatic nitrogens is 1. The van der Waals surface area contributed by atoms with Gasteiger partial charge in [0.25, 0.3) is 0 Å². The van der Waals surface area contributed by atoms with Crippen molar-refractivity contribution in [2.45, 2.75) is 6.18 Å². The van der Waals surface area contributed by atoms with Crippen molar-refractivity contribution < 1.29 is 18.0 Å². The van der Waals surface area contributed by atoms with Crippen LogP contribution in [-0.2, 0) is 6.18 Å². The molecule has 0 bridgehead atoms. The van der Waals surface area contributed by atoms with Crippen LogP contribution in [0.1, 0.15) is 21.5 Å². The minimum Gasteiger partial charge on any atom is -0.289 e. The fourth-order valence-electron chi connectivity index (χ4n) is 1.63. The van der Waals surface area contributed by atoms with Crippen molar-refractivity contribution in [1.82, 2.24) is 4.98 Å². The second-order valence-corrected chi connectivity index (χ2v) is 4.13. The van der Waals surface area contributed by atoms with E-state index >= 15 is 0 Å². The number of hydrogen-bond acceptors (Lipinski definition) is 2. The van der Waals surface area contributed by atoms with E-state index in [9.17, 15) is 18.0 Å². The number of carbonyl (C=O) groups excluding carboxylic acids is 1. The minimum absolute atomic E-state index is 0.0512. The van der Waals surface area contributed by atoms with Gasteiger partial charge in [0, 0.05) is 17.3 Å². The standard InChI is InChI=1S/C13H7ClF3NO/c14-11-7-8(5-6-18-11)12(19)9-3-1-2-4-10(9)13(15,16)17/h1-7H. The SMILES string of the molecule is O=C(c1ccnc(Cl)c1)c1ccccc1C(F)(F)F. The van der Waals surface area contributed by atoms with Crippen LogP contribution in [0.2, 0.25) is 5.15 Å². The van der Waals surface area contributed by atoms with Crippen LogP contribution in [0.4, 0.5) is 13.2 Å². The maximum atomic E-state index is 12.8. The molecular weight excluding hydrogens is 279 g/mol. The van der Waals surface area contributed by atoms with Gasteiger partial charge in [0.05, 0.1) is 5.56 Å². The molecule has 19 heavy (non-hydrogen) atoms. The lowest BCUT2D eigenvalue weighted by Crippen LogP contribution is -2.13. The van der Waals surface area contributed by atoms with Crippen molar-refractivity contribution in [3.63, 3.8) is 0 Å². The molecule has 0 aliphatic heterocycles. The molecule has 0 spiro atoms. The molecule has 1 aromatic heterocycles. The number of pyridine rings is 1. The average Bonchev–Trinajstić information content (AvgIpc) is 2.37. The largest absolute Gasteiger partial charge is 0.417 e. The molecule has 2 aromatic rings. The van der Waals surface area contributed by atoms with Crippen molar-refractivity contribution in [3.05, 3.63) is 64.4 Å². The highest BCUT2D eigenvalue weighted by molar-refractivity contribution is 6.30. The molecular formula is C13H7ClF3NO. The topological polar surface area (TPSA) is 30.0 Å². The van der Waals surface area contributed by atoms with Gasteiger partial charge in [-0.2, -0.15) is 13.2 Å². The molecule has 0 fully saturated rings. The first-order chi connectivity index (χ1) is 8.89. The van der Waals surface area contributed by atoms with Gasteiger partial charge in [0.1, 0.15) is 5.15 Å². The van der Waals surface area contributed by atoms with E-state index in [0.717, 1.165) is 12.1 Å². The maximum Gasteiger partial charge on any atom is 0.417 e. The molecule has 0 saturated heterocycles. The van der Waals surface area contributed by atoms with Crippen LogP contribution < -0.4 is 0 Å². The molecule has 2 nitrogen and oxygen atoms in total. The van der Waals surface area contributed by atoms with E-state index in [1.165, 1.54) is 30.5 Å². The van der Waals surface area contributed by atoms with Gasteiger partial charge < -0.3 is 0 Å². The summed E-state index contributed by atoms with van der Waals surface area (Å²) < 4.78 is 38.4. The molecule has 98 valence electrons. The molecule has 0 unspecified atom stereocenters. The Morgan fingerprint density at radius 2 is 1.84 bits per heavy atom. The van der Waals surface area contributed by atoms with Crippen LogP contribution in [0.5, 0.6) is 0 Å². The molecule has 0 amide bonds. The summed E-state index contributed by atoms with van der Waals surface area (Å²) in [5.41, 5.74) is -1.30. The molecule has 6 heteroatoms. The van der Waals surface area contributed by atoms with Gasteiger partial charge in [-0.1, -0.05) is 29.8 Å². The first-order valence-corrected chi connectivity index (χ1v) is 5.60. The number of halogens is 4. The quantitative estimate of drug-likeness (QED) is 0.617. The third kappa shape index (κ3) is 2.93. The highest BCUT2D eigenvalue weighted by atomic mass is 35.5. The highest BCUT2D eigenvalue weighted by Crippen LogP contribution is 2.32. The smallest absolute Gasteiger partial charge is 0.289 e. The Balaban J connectivity index is 2.51. The molecule has 0 radical (unpaired) electrons. The Morgan fingerprint density at radius 3 is 2.47 bits per heavy atom. The summed E-state index contributed by atoms with van der Waals surface area (Å²) in [4.78, 5) is 15.8. The van der Waals surface area contributed by atoms with E-state index in [1.54, 1.807) is 0 Å². The third-order valence-electron chi connectivity index (χ3n) is 2.47. The Kier molecular flexibility index (Phi) is 3.57. The van der Waals surface area contributed by atoms with Crippen molar-refractivity contribution in [2.24, 2.45) is 0 Å². The summed E-state index contributed by atoms with van der Waals surface area (Å²) in [6.07, 6.45) is -3.31. The fourth-order valence-corrected chi connectivity index (χ4v) is 1.80. The maximum absolute atomic E-state index is 12.8. The van der Waals surface area contributed by atoms with Gasteiger partial charge in [0.2, 0.25) is 0 Å². The number of alkyl halides is 3. The van der Waals surface area contributed by atoms with E-state index in [0.29, 0.717) is 0 Å². The van der Waals surface area contributed by atoms with E-state index in [1.807, 2.05) is 0 Å². The summed E-state index contributed by atoms with van der Waals surface area (Å²) in [5.74, 6) is -0.739. The van der Waals surface area contributed by atoms with Crippen molar-refractivity contribution in [2.75, 3.05) is 0 Å².